The average Bonchev–Trinajstić information content (AvgIpc) is 2.64. The number of halogens is 1. The highest BCUT2D eigenvalue weighted by Crippen LogP contribution is 2.37. The lowest BCUT2D eigenvalue weighted by molar-refractivity contribution is -0.407. The number of urea groups is 1. The number of hydrogen-bond donors (Lipinski definition) is 0. The first-order chi connectivity index (χ1) is 12.5. The number of hydrogen-bond acceptors (Lipinski definition) is 5. The number of nitrogens with zero attached hydrogens (tertiary/aromatic N) is 3. The second-order valence-corrected chi connectivity index (χ2v) is 7.42. The molecule has 26 heavy (non-hydrogen) atoms. The molecule has 0 aromatic heterocycles. The molecule has 0 bridgehead atoms. The number of dihydropyridines is 1. The third-order valence-corrected chi connectivity index (χ3v) is 5.96. The molecular weight excluding hydrogens is 374 g/mol. The number of benzene rings is 1. The van der Waals surface area contributed by atoms with Gasteiger partial charge in [-0.2, -0.15) is 9.48 Å². The van der Waals surface area contributed by atoms with Crippen molar-refractivity contribution in [1.29, 1.82) is 0 Å². The molecule has 0 saturated carbocycles. The summed E-state index contributed by atoms with van der Waals surface area (Å²) in [5.41, 5.74) is 1.82. The molecule has 3 amide bonds. The summed E-state index contributed by atoms with van der Waals surface area (Å²) in [6.45, 7) is 0.340. The molecule has 1 aromatic rings. The van der Waals surface area contributed by atoms with Gasteiger partial charge in [0.15, 0.2) is 5.92 Å². The van der Waals surface area contributed by atoms with Crippen LogP contribution in [0.15, 0.2) is 39.7 Å². The summed E-state index contributed by atoms with van der Waals surface area (Å²) >= 11 is 7.78. The summed E-state index contributed by atoms with van der Waals surface area (Å²) in [7, 11) is 4.71. The van der Waals surface area contributed by atoms with E-state index in [1.54, 1.807) is 20.4 Å². The van der Waals surface area contributed by atoms with Gasteiger partial charge in [-0.15, -0.1) is 16.8 Å². The molecule has 3 rings (SSSR count). The normalized spacial score (nSPS) is 20.2. The lowest BCUT2D eigenvalue weighted by Gasteiger charge is -2.28. The first kappa shape index (κ1) is 18.8. The Balaban J connectivity index is 2.00. The summed E-state index contributed by atoms with van der Waals surface area (Å²) in [5, 5.41) is 0.682. The van der Waals surface area contributed by atoms with Crippen molar-refractivity contribution in [2.45, 2.75) is 5.75 Å². The van der Waals surface area contributed by atoms with Gasteiger partial charge in [0.05, 0.1) is 20.7 Å². The van der Waals surface area contributed by atoms with Crippen LogP contribution >= 0.6 is 23.4 Å². The molecule has 1 atom stereocenters. The molecule has 8 heteroatoms. The highest BCUT2D eigenvalue weighted by Gasteiger charge is 2.48. The van der Waals surface area contributed by atoms with E-state index in [0.717, 1.165) is 20.9 Å². The van der Waals surface area contributed by atoms with Gasteiger partial charge in [-0.3, -0.25) is 4.79 Å². The van der Waals surface area contributed by atoms with E-state index in [4.69, 9.17) is 16.3 Å². The maximum absolute atomic E-state index is 12.8. The van der Waals surface area contributed by atoms with Gasteiger partial charge in [-0.05, 0) is 11.6 Å². The Labute approximate surface area is 161 Å². The van der Waals surface area contributed by atoms with Gasteiger partial charge >= 0.3 is 11.9 Å². The SMILES string of the molecule is COCC1=C(SCc2ccccc2Cl)C2C(=O)N(C)C(=O)[N+](C)=C2N=C1. The minimum atomic E-state index is -0.606. The lowest BCUT2D eigenvalue weighted by Crippen LogP contribution is -2.52. The molecule has 136 valence electrons. The minimum Gasteiger partial charge on any atom is -0.380 e. The van der Waals surface area contributed by atoms with Crippen LogP contribution in [0.1, 0.15) is 5.56 Å². The molecule has 0 spiro atoms. The summed E-state index contributed by atoms with van der Waals surface area (Å²) in [5.74, 6) is 0.161. The molecule has 1 unspecified atom stereocenters. The van der Waals surface area contributed by atoms with Crippen molar-refractivity contribution in [3.8, 4) is 0 Å². The Hall–Kier alpha value is -1.96. The number of methoxy groups -OCH3 is 1. The van der Waals surface area contributed by atoms with E-state index in [1.165, 1.54) is 23.4 Å². The Kier molecular flexibility index (Phi) is 5.60. The molecule has 2 heterocycles. The Morgan fingerprint density at radius 1 is 1.35 bits per heavy atom. The van der Waals surface area contributed by atoms with Crippen LogP contribution < -0.4 is 0 Å². The maximum atomic E-state index is 12.8. The molecule has 6 nitrogen and oxygen atoms in total. The van der Waals surface area contributed by atoms with Gasteiger partial charge in [-0.1, -0.05) is 29.8 Å². The monoisotopic (exact) mass is 392 g/mol. The van der Waals surface area contributed by atoms with Crippen LogP contribution in [0.5, 0.6) is 0 Å². The zero-order valence-electron chi connectivity index (χ0n) is 14.7. The van der Waals surface area contributed by atoms with Crippen LogP contribution in [-0.4, -0.2) is 61.3 Å². The number of fused-ring (bicyclic) bond motifs is 1. The number of ether oxygens (including phenoxy) is 1. The predicted octanol–water partition coefficient (Wildman–Crippen LogP) is 2.81. The third-order valence-electron chi connectivity index (χ3n) is 4.33. The van der Waals surface area contributed by atoms with Crippen LogP contribution in [0.2, 0.25) is 5.02 Å². The van der Waals surface area contributed by atoms with Crippen LogP contribution in [0.25, 0.3) is 0 Å². The summed E-state index contributed by atoms with van der Waals surface area (Å²) in [4.78, 5) is 31.4. The van der Waals surface area contributed by atoms with Crippen LogP contribution in [-0.2, 0) is 15.3 Å². The van der Waals surface area contributed by atoms with Gasteiger partial charge in [0.25, 0.3) is 5.84 Å². The number of carbonyl (C=O) groups excluding carboxylic acids is 2. The molecule has 0 radical (unpaired) electrons. The third kappa shape index (κ3) is 3.34. The number of imide groups is 1. The van der Waals surface area contributed by atoms with E-state index < -0.39 is 5.92 Å². The zero-order valence-corrected chi connectivity index (χ0v) is 16.3. The largest absolute Gasteiger partial charge is 0.445 e. The maximum Gasteiger partial charge on any atom is 0.445 e. The Morgan fingerprint density at radius 3 is 2.77 bits per heavy atom. The van der Waals surface area contributed by atoms with Crippen molar-refractivity contribution in [2.75, 3.05) is 27.8 Å². The summed E-state index contributed by atoms with van der Waals surface area (Å²) in [6.07, 6.45) is 1.67. The fraction of sp³-hybridized carbons (Fsp3) is 0.333. The topological polar surface area (TPSA) is 62.0 Å². The van der Waals surface area contributed by atoms with Crippen molar-refractivity contribution >= 4 is 47.4 Å². The highest BCUT2D eigenvalue weighted by atomic mass is 35.5. The van der Waals surface area contributed by atoms with Crippen LogP contribution in [0.3, 0.4) is 0 Å². The summed E-state index contributed by atoms with van der Waals surface area (Å²) < 4.78 is 6.69. The smallest absolute Gasteiger partial charge is 0.380 e. The van der Waals surface area contributed by atoms with E-state index >= 15 is 0 Å². The first-order valence-electron chi connectivity index (χ1n) is 8.00. The highest BCUT2D eigenvalue weighted by molar-refractivity contribution is 8.02. The number of amidine groups is 1. The Bertz CT molecular complexity index is 863. The van der Waals surface area contributed by atoms with Crippen LogP contribution in [0.4, 0.5) is 4.79 Å². The molecule has 1 aromatic carbocycles. The molecule has 0 N–H and O–H groups in total. The summed E-state index contributed by atoms with van der Waals surface area (Å²) in [6, 6.07) is 7.22. The van der Waals surface area contributed by atoms with E-state index in [2.05, 4.69) is 4.99 Å². The van der Waals surface area contributed by atoms with Crippen molar-refractivity contribution in [3.63, 3.8) is 0 Å². The molecule has 0 fully saturated rings. The molecular formula is C18H19ClN3O3S+. The molecule has 2 aliphatic heterocycles. The average molecular weight is 393 g/mol. The molecule has 2 aliphatic rings. The first-order valence-corrected chi connectivity index (χ1v) is 9.36. The fourth-order valence-corrected chi connectivity index (χ4v) is 4.42. The molecule has 0 saturated heterocycles. The number of aliphatic imine (C=N–C) groups is 1. The standard InChI is InChI=1S/C18H19ClN3O3S/c1-21-16-14(17(23)22(2)18(21)24)15(12(8-20-16)9-25-3)26-10-11-6-4-5-7-13(11)19/h4-8,14H,9-10H2,1-3H3/q+1. The van der Waals surface area contributed by atoms with E-state index in [1.807, 2.05) is 24.3 Å². The van der Waals surface area contributed by atoms with Crippen molar-refractivity contribution in [3.05, 3.63) is 45.3 Å². The number of thioether (sulfide) groups is 1. The number of amides is 3. The van der Waals surface area contributed by atoms with Gasteiger partial charge < -0.3 is 4.74 Å². The van der Waals surface area contributed by atoms with Crippen molar-refractivity contribution in [2.24, 2.45) is 10.9 Å². The van der Waals surface area contributed by atoms with Gasteiger partial charge in [0.2, 0.25) is 0 Å². The fourth-order valence-electron chi connectivity index (χ4n) is 2.91. The van der Waals surface area contributed by atoms with E-state index in [-0.39, 0.29) is 11.9 Å². The predicted molar refractivity (Wildman–Crippen MR) is 103 cm³/mol. The van der Waals surface area contributed by atoms with E-state index in [9.17, 15) is 9.59 Å². The second-order valence-electron chi connectivity index (χ2n) is 5.99. The van der Waals surface area contributed by atoms with Crippen LogP contribution in [0, 0.1) is 5.92 Å². The molecule has 0 aliphatic carbocycles. The van der Waals surface area contributed by atoms with Crippen molar-refractivity contribution in [1.82, 2.24) is 4.90 Å². The lowest BCUT2D eigenvalue weighted by atomic mass is 9.98. The van der Waals surface area contributed by atoms with Gasteiger partial charge in [-0.25, -0.2) is 4.79 Å². The van der Waals surface area contributed by atoms with Gasteiger partial charge in [0, 0.05) is 28.4 Å². The Morgan fingerprint density at radius 2 is 2.08 bits per heavy atom. The number of rotatable bonds is 5. The number of carbonyl (C=O) groups is 2. The zero-order chi connectivity index (χ0) is 18.8. The minimum absolute atomic E-state index is 0.282. The van der Waals surface area contributed by atoms with E-state index in [0.29, 0.717) is 23.2 Å². The quantitative estimate of drug-likeness (QED) is 0.723. The second kappa shape index (κ2) is 7.73. The van der Waals surface area contributed by atoms with Gasteiger partial charge in [0.1, 0.15) is 6.21 Å². The van der Waals surface area contributed by atoms with Crippen molar-refractivity contribution < 1.29 is 18.9 Å².